The Hall–Kier alpha value is -4.33. The Balaban J connectivity index is 1.25. The molecule has 0 radical (unpaired) electrons. The average Bonchev–Trinajstić information content (AvgIpc) is 3.56. The number of nitrogens with zero attached hydrogens (tertiary/aromatic N) is 3. The molecular weight excluding hydrogens is 637 g/mol. The quantitative estimate of drug-likeness (QED) is 0.143. The molecule has 1 atom stereocenters. The summed E-state index contributed by atoms with van der Waals surface area (Å²) in [6.07, 6.45) is 5.70. The van der Waals surface area contributed by atoms with Crippen molar-refractivity contribution in [3.63, 3.8) is 0 Å². The second-order valence-corrected chi connectivity index (χ2v) is 12.2. The standard InChI is InChI=1S/C36H37Cl2N5O4/c1-23-26(22-47-34-16-33(27(18-40)15-30(34)37)46-21-25-14-24(17-39)19-42-20-25)6-2-7-28(23)29-8-3-10-32(35(29)38)45-13-5-12-43-11-4-9-31(43)36(41)44/h2-3,6-8,10,14-16,19-20,31H,4-5,9,11-13,18,21-22,40H2,1H3,(H2,41,44). The van der Waals surface area contributed by atoms with Crippen molar-refractivity contribution in [3.05, 3.63) is 105 Å². The smallest absolute Gasteiger partial charge is 0.234 e. The van der Waals surface area contributed by atoms with Crippen LogP contribution >= 0.6 is 23.2 Å². The van der Waals surface area contributed by atoms with Gasteiger partial charge in [0.25, 0.3) is 0 Å². The number of hydrogen-bond acceptors (Lipinski definition) is 8. The Bertz CT molecular complexity index is 1780. The first kappa shape index (κ1) is 34.0. The lowest BCUT2D eigenvalue weighted by molar-refractivity contribution is -0.122. The van der Waals surface area contributed by atoms with Crippen LogP contribution in [-0.4, -0.2) is 41.5 Å². The lowest BCUT2D eigenvalue weighted by Crippen LogP contribution is -2.40. The number of rotatable bonds is 14. The Kier molecular flexibility index (Phi) is 11.6. The lowest BCUT2D eigenvalue weighted by atomic mass is 9.96. The topological polar surface area (TPSA) is 137 Å². The molecule has 1 fully saturated rings. The number of carbonyl (C=O) groups excluding carboxylic acids is 1. The molecule has 4 N–H and O–H groups in total. The van der Waals surface area contributed by atoms with Crippen LogP contribution in [-0.2, 0) is 24.6 Å². The van der Waals surface area contributed by atoms with E-state index in [1.54, 1.807) is 24.4 Å². The molecule has 1 aliphatic rings. The number of hydrogen-bond donors (Lipinski definition) is 2. The average molecular weight is 675 g/mol. The van der Waals surface area contributed by atoms with Crippen LogP contribution < -0.4 is 25.7 Å². The highest BCUT2D eigenvalue weighted by atomic mass is 35.5. The number of ether oxygens (including phenoxy) is 3. The van der Waals surface area contributed by atoms with E-state index in [1.165, 1.54) is 6.20 Å². The molecule has 1 aromatic heterocycles. The van der Waals surface area contributed by atoms with Crippen LogP contribution in [0.2, 0.25) is 10.0 Å². The second-order valence-electron chi connectivity index (χ2n) is 11.4. The summed E-state index contributed by atoms with van der Waals surface area (Å²) < 4.78 is 18.3. The van der Waals surface area contributed by atoms with Crippen LogP contribution in [0.15, 0.2) is 67.0 Å². The minimum Gasteiger partial charge on any atom is -0.492 e. The fraction of sp³-hybridized carbons (Fsp3) is 0.306. The van der Waals surface area contributed by atoms with Crippen LogP contribution in [0, 0.1) is 18.3 Å². The maximum Gasteiger partial charge on any atom is 0.234 e. The van der Waals surface area contributed by atoms with Crippen molar-refractivity contribution in [1.82, 2.24) is 9.88 Å². The van der Waals surface area contributed by atoms with E-state index in [0.29, 0.717) is 39.5 Å². The fourth-order valence-corrected chi connectivity index (χ4v) is 6.28. The number of nitrogens with two attached hydrogens (primary N) is 2. The summed E-state index contributed by atoms with van der Waals surface area (Å²) in [6.45, 7) is 4.80. The van der Waals surface area contributed by atoms with E-state index in [1.807, 2.05) is 43.3 Å². The molecular formula is C36H37Cl2N5O4. The van der Waals surface area contributed by atoms with Crippen molar-refractivity contribution in [3.8, 4) is 34.4 Å². The van der Waals surface area contributed by atoms with E-state index in [4.69, 9.17) is 54.1 Å². The SMILES string of the molecule is Cc1c(COc2cc(OCc3cncc(C#N)c3)c(CN)cc2Cl)cccc1-c1cccc(OCCCN2CCCC2C(N)=O)c1Cl. The third-order valence-corrected chi connectivity index (χ3v) is 8.96. The van der Waals surface area contributed by atoms with Gasteiger partial charge in [0.05, 0.1) is 28.3 Å². The Morgan fingerprint density at radius 1 is 1.00 bits per heavy atom. The molecule has 11 heteroatoms. The highest BCUT2D eigenvalue weighted by molar-refractivity contribution is 6.35. The van der Waals surface area contributed by atoms with E-state index >= 15 is 0 Å². The molecule has 47 heavy (non-hydrogen) atoms. The van der Waals surface area contributed by atoms with Crippen LogP contribution in [0.5, 0.6) is 17.2 Å². The molecule has 0 bridgehead atoms. The molecule has 1 saturated heterocycles. The maximum absolute atomic E-state index is 11.7. The van der Waals surface area contributed by atoms with Crippen molar-refractivity contribution in [1.29, 1.82) is 5.26 Å². The van der Waals surface area contributed by atoms with E-state index in [0.717, 1.165) is 65.7 Å². The first-order valence-electron chi connectivity index (χ1n) is 15.4. The largest absolute Gasteiger partial charge is 0.492 e. The molecule has 0 spiro atoms. The molecule has 9 nitrogen and oxygen atoms in total. The minimum absolute atomic E-state index is 0.185. The molecule has 5 rings (SSSR count). The van der Waals surface area contributed by atoms with Gasteiger partial charge in [-0.25, -0.2) is 0 Å². The normalized spacial score (nSPS) is 14.5. The van der Waals surface area contributed by atoms with Crippen molar-refractivity contribution in [2.75, 3.05) is 19.7 Å². The van der Waals surface area contributed by atoms with Gasteiger partial charge in [0.15, 0.2) is 0 Å². The summed E-state index contributed by atoms with van der Waals surface area (Å²) in [7, 11) is 0. The second kappa shape index (κ2) is 16.0. The number of amides is 1. The van der Waals surface area contributed by atoms with Crippen LogP contribution in [0.4, 0.5) is 0 Å². The molecule has 3 aromatic carbocycles. The zero-order valence-electron chi connectivity index (χ0n) is 26.2. The van der Waals surface area contributed by atoms with E-state index in [-0.39, 0.29) is 31.7 Å². The van der Waals surface area contributed by atoms with Gasteiger partial charge in [0.2, 0.25) is 5.91 Å². The summed E-state index contributed by atoms with van der Waals surface area (Å²) in [4.78, 5) is 17.9. The van der Waals surface area contributed by atoms with Gasteiger partial charge in [-0.3, -0.25) is 14.7 Å². The first-order valence-corrected chi connectivity index (χ1v) is 16.2. The third-order valence-electron chi connectivity index (χ3n) is 8.28. The van der Waals surface area contributed by atoms with Crippen molar-refractivity contribution in [2.24, 2.45) is 11.5 Å². The molecule has 1 unspecified atom stereocenters. The zero-order chi connectivity index (χ0) is 33.3. The highest BCUT2D eigenvalue weighted by Crippen LogP contribution is 2.38. The summed E-state index contributed by atoms with van der Waals surface area (Å²) in [5, 5.41) is 10.1. The Labute approximate surface area is 285 Å². The van der Waals surface area contributed by atoms with Crippen LogP contribution in [0.1, 0.15) is 47.1 Å². The number of aromatic nitrogens is 1. The number of primary amides is 1. The van der Waals surface area contributed by atoms with Gasteiger partial charge < -0.3 is 25.7 Å². The number of halogens is 2. The summed E-state index contributed by atoms with van der Waals surface area (Å²) >= 11 is 13.5. The van der Waals surface area contributed by atoms with Gasteiger partial charge in [0, 0.05) is 48.2 Å². The number of benzene rings is 3. The van der Waals surface area contributed by atoms with Gasteiger partial charge in [-0.1, -0.05) is 53.5 Å². The summed E-state index contributed by atoms with van der Waals surface area (Å²) in [5.41, 5.74) is 17.2. The Morgan fingerprint density at radius 2 is 1.79 bits per heavy atom. The van der Waals surface area contributed by atoms with E-state index < -0.39 is 0 Å². The Morgan fingerprint density at radius 3 is 2.57 bits per heavy atom. The number of likely N-dealkylation sites (tertiary alicyclic amines) is 1. The fourth-order valence-electron chi connectivity index (χ4n) is 5.75. The van der Waals surface area contributed by atoms with Gasteiger partial charge in [-0.05, 0) is 67.6 Å². The third kappa shape index (κ3) is 8.34. The minimum atomic E-state index is -0.262. The van der Waals surface area contributed by atoms with Crippen molar-refractivity contribution >= 4 is 29.1 Å². The monoisotopic (exact) mass is 673 g/mol. The van der Waals surface area contributed by atoms with E-state index in [2.05, 4.69) is 16.0 Å². The van der Waals surface area contributed by atoms with Gasteiger partial charge in [0.1, 0.15) is 36.5 Å². The van der Waals surface area contributed by atoms with Crippen LogP contribution in [0.3, 0.4) is 0 Å². The predicted molar refractivity (Wildman–Crippen MR) is 182 cm³/mol. The molecule has 4 aromatic rings. The molecule has 0 saturated carbocycles. The molecule has 0 aliphatic carbocycles. The number of pyridine rings is 1. The van der Waals surface area contributed by atoms with Gasteiger partial charge in [-0.15, -0.1) is 0 Å². The molecule has 1 aliphatic heterocycles. The predicted octanol–water partition coefficient (Wildman–Crippen LogP) is 6.57. The van der Waals surface area contributed by atoms with Gasteiger partial charge in [-0.2, -0.15) is 5.26 Å². The van der Waals surface area contributed by atoms with E-state index in [9.17, 15) is 4.79 Å². The summed E-state index contributed by atoms with van der Waals surface area (Å²) in [6, 6.07) is 18.8. The maximum atomic E-state index is 11.7. The lowest BCUT2D eigenvalue weighted by Gasteiger charge is -2.21. The van der Waals surface area contributed by atoms with Crippen molar-refractivity contribution in [2.45, 2.75) is 52.0 Å². The number of carbonyl (C=O) groups is 1. The first-order chi connectivity index (χ1) is 22.8. The van der Waals surface area contributed by atoms with Crippen molar-refractivity contribution < 1.29 is 19.0 Å². The molecule has 2 heterocycles. The van der Waals surface area contributed by atoms with Gasteiger partial charge >= 0.3 is 0 Å². The zero-order valence-corrected chi connectivity index (χ0v) is 27.7. The highest BCUT2D eigenvalue weighted by Gasteiger charge is 2.28. The van der Waals surface area contributed by atoms with Crippen LogP contribution in [0.25, 0.3) is 11.1 Å². The number of nitriles is 1. The molecule has 1 amide bonds. The summed E-state index contributed by atoms with van der Waals surface area (Å²) in [5.74, 6) is 1.34. The molecule has 244 valence electrons.